The van der Waals surface area contributed by atoms with E-state index < -0.39 is 0 Å². The second-order valence-corrected chi connectivity index (χ2v) is 5.34. The minimum Gasteiger partial charge on any atom is -0.348 e. The molecule has 1 saturated heterocycles. The molecule has 0 saturated carbocycles. The minimum absolute atomic E-state index is 0.0190. The summed E-state index contributed by atoms with van der Waals surface area (Å²) in [7, 11) is 0. The lowest BCUT2D eigenvalue weighted by atomic mass is 10.0. The average Bonchev–Trinajstić information content (AvgIpc) is 2.47. The van der Waals surface area contributed by atoms with Gasteiger partial charge in [-0.1, -0.05) is 19.1 Å². The summed E-state index contributed by atoms with van der Waals surface area (Å²) in [6.07, 6.45) is 2.14. The van der Waals surface area contributed by atoms with Gasteiger partial charge in [0, 0.05) is 23.7 Å². The molecule has 20 heavy (non-hydrogen) atoms. The van der Waals surface area contributed by atoms with Crippen LogP contribution in [-0.4, -0.2) is 42.3 Å². The smallest absolute Gasteiger partial charge is 0.251 e. The summed E-state index contributed by atoms with van der Waals surface area (Å²) in [5, 5.41) is 3.07. The first-order valence-electron chi connectivity index (χ1n) is 7.24. The van der Waals surface area contributed by atoms with Gasteiger partial charge in [0.15, 0.2) is 5.78 Å². The number of nitrogens with one attached hydrogen (secondary N) is 1. The number of carbonyl (C=O) groups is 2. The fraction of sp³-hybridized carbons (Fsp3) is 0.500. The number of ketones is 1. The van der Waals surface area contributed by atoms with Gasteiger partial charge in [-0.3, -0.25) is 9.59 Å². The van der Waals surface area contributed by atoms with Crippen LogP contribution in [0.5, 0.6) is 0 Å². The number of carbonyl (C=O) groups excluding carboxylic acids is 2. The summed E-state index contributed by atoms with van der Waals surface area (Å²) in [4.78, 5) is 25.9. The lowest BCUT2D eigenvalue weighted by Crippen LogP contribution is -2.47. The van der Waals surface area contributed by atoms with Crippen LogP contribution in [0.3, 0.4) is 0 Å². The first-order valence-corrected chi connectivity index (χ1v) is 7.24. The molecule has 1 unspecified atom stereocenters. The molecule has 1 N–H and O–H groups in total. The Kier molecular flexibility index (Phi) is 4.90. The van der Waals surface area contributed by atoms with Crippen molar-refractivity contribution in [3.8, 4) is 0 Å². The van der Waals surface area contributed by atoms with E-state index in [1.54, 1.807) is 24.3 Å². The number of amides is 1. The van der Waals surface area contributed by atoms with Crippen molar-refractivity contribution < 1.29 is 9.59 Å². The molecule has 0 radical (unpaired) electrons. The van der Waals surface area contributed by atoms with E-state index in [9.17, 15) is 9.59 Å². The van der Waals surface area contributed by atoms with Crippen molar-refractivity contribution in [2.45, 2.75) is 32.7 Å². The molecule has 1 aromatic carbocycles. The number of likely N-dealkylation sites (tertiary alicyclic amines) is 1. The van der Waals surface area contributed by atoms with Crippen molar-refractivity contribution in [2.24, 2.45) is 0 Å². The summed E-state index contributed by atoms with van der Waals surface area (Å²) in [5.74, 6) is -0.106. The van der Waals surface area contributed by atoms with Gasteiger partial charge in [-0.05, 0) is 45.0 Å². The Bertz CT molecular complexity index is 499. The van der Waals surface area contributed by atoms with Crippen LogP contribution in [0.25, 0.3) is 0 Å². The molecule has 0 aromatic heterocycles. The average molecular weight is 274 g/mol. The Labute approximate surface area is 120 Å². The zero-order valence-electron chi connectivity index (χ0n) is 12.2. The van der Waals surface area contributed by atoms with Gasteiger partial charge in [-0.15, -0.1) is 0 Å². The van der Waals surface area contributed by atoms with E-state index in [1.165, 1.54) is 6.92 Å². The molecular formula is C16H22N2O2. The van der Waals surface area contributed by atoms with Gasteiger partial charge in [0.05, 0.1) is 0 Å². The highest BCUT2D eigenvalue weighted by Crippen LogP contribution is 2.11. The van der Waals surface area contributed by atoms with Gasteiger partial charge in [-0.25, -0.2) is 0 Å². The maximum Gasteiger partial charge on any atom is 0.251 e. The van der Waals surface area contributed by atoms with E-state index in [0.717, 1.165) is 32.5 Å². The molecule has 1 aromatic rings. The number of piperidine rings is 1. The topological polar surface area (TPSA) is 49.4 Å². The summed E-state index contributed by atoms with van der Waals surface area (Å²) in [6, 6.07) is 7.11. The molecule has 108 valence electrons. The Morgan fingerprint density at radius 2 is 2.10 bits per heavy atom. The summed E-state index contributed by atoms with van der Waals surface area (Å²) in [5.41, 5.74) is 1.14. The third-order valence-corrected chi connectivity index (χ3v) is 3.82. The third kappa shape index (κ3) is 3.67. The van der Waals surface area contributed by atoms with Crippen molar-refractivity contribution in [1.29, 1.82) is 0 Å². The maximum atomic E-state index is 12.2. The molecule has 1 amide bonds. The van der Waals surface area contributed by atoms with Gasteiger partial charge in [0.2, 0.25) is 0 Å². The van der Waals surface area contributed by atoms with Crippen LogP contribution in [0.15, 0.2) is 24.3 Å². The minimum atomic E-state index is -0.0870. The standard InChI is InChI=1S/C16H22N2O2/c1-3-18-9-5-8-15(11-18)17-16(20)14-7-4-6-13(10-14)12(2)19/h4,6-7,10,15H,3,5,8-9,11H2,1-2H3,(H,17,20). The first kappa shape index (κ1) is 14.7. The predicted molar refractivity (Wildman–Crippen MR) is 79.0 cm³/mol. The van der Waals surface area contributed by atoms with Crippen molar-refractivity contribution in [3.05, 3.63) is 35.4 Å². The lowest BCUT2D eigenvalue weighted by Gasteiger charge is -2.32. The van der Waals surface area contributed by atoms with Crippen LogP contribution in [0.1, 0.15) is 47.4 Å². The molecule has 1 heterocycles. The molecule has 0 bridgehead atoms. The fourth-order valence-electron chi connectivity index (χ4n) is 2.61. The van der Waals surface area contributed by atoms with Gasteiger partial charge in [0.1, 0.15) is 0 Å². The zero-order chi connectivity index (χ0) is 14.5. The highest BCUT2D eigenvalue weighted by Gasteiger charge is 2.20. The normalized spacial score (nSPS) is 19.6. The van der Waals surface area contributed by atoms with Crippen LogP contribution in [0, 0.1) is 0 Å². The Balaban J connectivity index is 2.01. The van der Waals surface area contributed by atoms with Crippen molar-refractivity contribution in [2.75, 3.05) is 19.6 Å². The van der Waals surface area contributed by atoms with Crippen molar-refractivity contribution >= 4 is 11.7 Å². The molecule has 0 aliphatic carbocycles. The van der Waals surface area contributed by atoms with Crippen LogP contribution >= 0.6 is 0 Å². The highest BCUT2D eigenvalue weighted by atomic mass is 16.1. The van der Waals surface area contributed by atoms with Crippen LogP contribution < -0.4 is 5.32 Å². The SMILES string of the molecule is CCN1CCCC(NC(=O)c2cccc(C(C)=O)c2)C1. The van der Waals surface area contributed by atoms with Gasteiger partial charge >= 0.3 is 0 Å². The lowest BCUT2D eigenvalue weighted by molar-refractivity contribution is 0.0906. The number of likely N-dealkylation sites (N-methyl/N-ethyl adjacent to an activating group) is 1. The van der Waals surface area contributed by atoms with Gasteiger partial charge in [0.25, 0.3) is 5.91 Å². The van der Waals surface area contributed by atoms with E-state index >= 15 is 0 Å². The van der Waals surface area contributed by atoms with E-state index in [0.29, 0.717) is 11.1 Å². The molecule has 1 aliphatic rings. The number of hydrogen-bond acceptors (Lipinski definition) is 3. The quantitative estimate of drug-likeness (QED) is 0.855. The number of benzene rings is 1. The number of rotatable bonds is 4. The monoisotopic (exact) mass is 274 g/mol. The molecule has 4 nitrogen and oxygen atoms in total. The first-order chi connectivity index (χ1) is 9.60. The van der Waals surface area contributed by atoms with Gasteiger partial charge in [-0.2, -0.15) is 0 Å². The van der Waals surface area contributed by atoms with Gasteiger partial charge < -0.3 is 10.2 Å². The second-order valence-electron chi connectivity index (χ2n) is 5.34. The number of Topliss-reactive ketones (excluding diaryl/α,β-unsaturated/α-hetero) is 1. The number of nitrogens with zero attached hydrogens (tertiary/aromatic N) is 1. The Morgan fingerprint density at radius 3 is 2.80 bits per heavy atom. The van der Waals surface area contributed by atoms with Crippen LogP contribution in [0.2, 0.25) is 0 Å². The third-order valence-electron chi connectivity index (χ3n) is 3.82. The Morgan fingerprint density at radius 1 is 1.35 bits per heavy atom. The predicted octanol–water partition coefficient (Wildman–Crippen LogP) is 2.10. The highest BCUT2D eigenvalue weighted by molar-refractivity contribution is 5.99. The molecule has 2 rings (SSSR count). The summed E-state index contributed by atoms with van der Waals surface area (Å²) < 4.78 is 0. The molecule has 1 atom stereocenters. The molecule has 1 fully saturated rings. The fourth-order valence-corrected chi connectivity index (χ4v) is 2.61. The van der Waals surface area contributed by atoms with E-state index in [4.69, 9.17) is 0 Å². The van der Waals surface area contributed by atoms with E-state index in [1.807, 2.05) is 0 Å². The largest absolute Gasteiger partial charge is 0.348 e. The van der Waals surface area contributed by atoms with Crippen LogP contribution in [0.4, 0.5) is 0 Å². The van der Waals surface area contributed by atoms with Crippen molar-refractivity contribution in [3.63, 3.8) is 0 Å². The Hall–Kier alpha value is -1.68. The van der Waals surface area contributed by atoms with Crippen LogP contribution in [-0.2, 0) is 0 Å². The maximum absolute atomic E-state index is 12.2. The second kappa shape index (κ2) is 6.66. The number of hydrogen-bond donors (Lipinski definition) is 1. The van der Waals surface area contributed by atoms with Crippen molar-refractivity contribution in [1.82, 2.24) is 10.2 Å². The molecular weight excluding hydrogens is 252 g/mol. The summed E-state index contributed by atoms with van der Waals surface area (Å²) >= 11 is 0. The molecule has 1 aliphatic heterocycles. The van der Waals surface area contributed by atoms with E-state index in [2.05, 4.69) is 17.1 Å². The van der Waals surface area contributed by atoms with E-state index in [-0.39, 0.29) is 17.7 Å². The molecule has 4 heteroatoms. The summed E-state index contributed by atoms with van der Waals surface area (Å²) in [6.45, 7) is 6.70. The molecule has 0 spiro atoms. The zero-order valence-corrected chi connectivity index (χ0v) is 12.2.